The normalized spacial score (nSPS) is 10.3. The van der Waals surface area contributed by atoms with Crippen molar-refractivity contribution < 1.29 is 14.3 Å². The number of ether oxygens (including phenoxy) is 1. The molecule has 0 unspecified atom stereocenters. The molecule has 0 fully saturated rings. The Morgan fingerprint density at radius 1 is 1.04 bits per heavy atom. The average Bonchev–Trinajstić information content (AvgIpc) is 2.60. The van der Waals surface area contributed by atoms with Crippen LogP contribution >= 0.6 is 0 Å². The molecular weight excluding hydrogens is 304 g/mol. The van der Waals surface area contributed by atoms with Crippen LogP contribution in [-0.2, 0) is 9.53 Å². The van der Waals surface area contributed by atoms with E-state index in [1.165, 1.54) is 7.11 Å². The predicted octanol–water partition coefficient (Wildman–Crippen LogP) is 3.33. The SMILES string of the molecule is COC(=O)c1ccc(NCC(=O)N(c2ccccc2)C(C)C)cc1. The molecule has 2 rings (SSSR count). The van der Waals surface area contributed by atoms with E-state index in [0.717, 1.165) is 11.4 Å². The number of nitrogens with zero attached hydrogens (tertiary/aromatic N) is 1. The topological polar surface area (TPSA) is 58.6 Å². The van der Waals surface area contributed by atoms with E-state index in [4.69, 9.17) is 0 Å². The van der Waals surface area contributed by atoms with E-state index in [9.17, 15) is 9.59 Å². The Morgan fingerprint density at radius 2 is 1.67 bits per heavy atom. The van der Waals surface area contributed by atoms with Gasteiger partial charge in [0.1, 0.15) is 0 Å². The second-order valence-corrected chi connectivity index (χ2v) is 5.62. The van der Waals surface area contributed by atoms with Gasteiger partial charge in [0, 0.05) is 17.4 Å². The van der Waals surface area contributed by atoms with Crippen LogP contribution in [0.5, 0.6) is 0 Å². The highest BCUT2D eigenvalue weighted by molar-refractivity contribution is 5.96. The summed E-state index contributed by atoms with van der Waals surface area (Å²) < 4.78 is 4.66. The summed E-state index contributed by atoms with van der Waals surface area (Å²) in [4.78, 5) is 25.7. The summed E-state index contributed by atoms with van der Waals surface area (Å²) >= 11 is 0. The maximum absolute atomic E-state index is 12.6. The van der Waals surface area contributed by atoms with Gasteiger partial charge in [0.25, 0.3) is 0 Å². The molecule has 0 spiro atoms. The molecule has 126 valence electrons. The number of methoxy groups -OCH3 is 1. The van der Waals surface area contributed by atoms with Crippen LogP contribution < -0.4 is 10.2 Å². The maximum atomic E-state index is 12.6. The second-order valence-electron chi connectivity index (χ2n) is 5.62. The molecule has 1 N–H and O–H groups in total. The van der Waals surface area contributed by atoms with Crippen molar-refractivity contribution >= 4 is 23.3 Å². The number of benzene rings is 2. The molecule has 1 amide bonds. The molecule has 0 atom stereocenters. The Labute approximate surface area is 142 Å². The van der Waals surface area contributed by atoms with Crippen LogP contribution in [0.2, 0.25) is 0 Å². The van der Waals surface area contributed by atoms with Crippen molar-refractivity contribution in [1.29, 1.82) is 0 Å². The Bertz CT molecular complexity index is 682. The average molecular weight is 326 g/mol. The number of amides is 1. The van der Waals surface area contributed by atoms with Gasteiger partial charge in [-0.1, -0.05) is 18.2 Å². The van der Waals surface area contributed by atoms with Gasteiger partial charge in [-0.2, -0.15) is 0 Å². The van der Waals surface area contributed by atoms with Gasteiger partial charge in [0.05, 0.1) is 19.2 Å². The van der Waals surface area contributed by atoms with E-state index >= 15 is 0 Å². The predicted molar refractivity (Wildman–Crippen MR) is 95.3 cm³/mol. The second kappa shape index (κ2) is 8.15. The molecule has 0 aromatic heterocycles. The fourth-order valence-electron chi connectivity index (χ4n) is 2.42. The van der Waals surface area contributed by atoms with Gasteiger partial charge in [-0.25, -0.2) is 4.79 Å². The third-order valence-corrected chi connectivity index (χ3v) is 3.57. The van der Waals surface area contributed by atoms with Crippen molar-refractivity contribution in [3.05, 3.63) is 60.2 Å². The highest BCUT2D eigenvalue weighted by atomic mass is 16.5. The first kappa shape index (κ1) is 17.5. The lowest BCUT2D eigenvalue weighted by molar-refractivity contribution is -0.117. The lowest BCUT2D eigenvalue weighted by Gasteiger charge is -2.27. The standard InChI is InChI=1S/C19H22N2O3/c1-14(2)21(17-7-5-4-6-8-17)18(22)13-20-16-11-9-15(10-12-16)19(23)24-3/h4-12,14,20H,13H2,1-3H3. The first-order chi connectivity index (χ1) is 11.5. The summed E-state index contributed by atoms with van der Waals surface area (Å²) in [5.74, 6) is -0.402. The minimum Gasteiger partial charge on any atom is -0.465 e. The number of carbonyl (C=O) groups is 2. The molecule has 0 aliphatic heterocycles. The molecule has 2 aromatic rings. The van der Waals surface area contributed by atoms with E-state index in [-0.39, 0.29) is 24.5 Å². The van der Waals surface area contributed by atoms with Crippen LogP contribution in [-0.4, -0.2) is 31.6 Å². The minimum atomic E-state index is -0.382. The smallest absolute Gasteiger partial charge is 0.337 e. The fourth-order valence-corrected chi connectivity index (χ4v) is 2.42. The minimum absolute atomic E-state index is 0.0201. The highest BCUT2D eigenvalue weighted by Crippen LogP contribution is 2.17. The zero-order chi connectivity index (χ0) is 17.5. The largest absolute Gasteiger partial charge is 0.465 e. The van der Waals surface area contributed by atoms with Crippen LogP contribution in [0.4, 0.5) is 11.4 Å². The summed E-state index contributed by atoms with van der Waals surface area (Å²) in [6.07, 6.45) is 0. The third-order valence-electron chi connectivity index (χ3n) is 3.57. The van der Waals surface area contributed by atoms with Crippen LogP contribution in [0.15, 0.2) is 54.6 Å². The summed E-state index contributed by atoms with van der Waals surface area (Å²) in [6, 6.07) is 16.5. The summed E-state index contributed by atoms with van der Waals surface area (Å²) in [5.41, 5.74) is 2.12. The van der Waals surface area contributed by atoms with Crippen molar-refractivity contribution in [3.63, 3.8) is 0 Å². The molecule has 0 radical (unpaired) electrons. The van der Waals surface area contributed by atoms with Crippen molar-refractivity contribution in [2.45, 2.75) is 19.9 Å². The van der Waals surface area contributed by atoms with E-state index in [1.807, 2.05) is 44.2 Å². The van der Waals surface area contributed by atoms with E-state index < -0.39 is 0 Å². The first-order valence-electron chi connectivity index (χ1n) is 7.82. The molecule has 0 heterocycles. The van der Waals surface area contributed by atoms with E-state index in [1.54, 1.807) is 29.2 Å². The lowest BCUT2D eigenvalue weighted by atomic mass is 10.2. The molecule has 0 saturated heterocycles. The Kier molecular flexibility index (Phi) is 5.95. The number of rotatable bonds is 6. The zero-order valence-corrected chi connectivity index (χ0v) is 14.2. The maximum Gasteiger partial charge on any atom is 0.337 e. The quantitative estimate of drug-likeness (QED) is 0.827. The number of esters is 1. The van der Waals surface area contributed by atoms with Crippen molar-refractivity contribution in [1.82, 2.24) is 0 Å². The number of hydrogen-bond donors (Lipinski definition) is 1. The molecule has 2 aromatic carbocycles. The van der Waals surface area contributed by atoms with E-state index in [0.29, 0.717) is 5.56 Å². The molecule has 5 nitrogen and oxygen atoms in total. The third kappa shape index (κ3) is 4.35. The van der Waals surface area contributed by atoms with Crippen molar-refractivity contribution in [2.75, 3.05) is 23.9 Å². The van der Waals surface area contributed by atoms with Crippen molar-refractivity contribution in [2.24, 2.45) is 0 Å². The summed E-state index contributed by atoms with van der Waals surface area (Å²) in [6.45, 7) is 4.14. The fraction of sp³-hybridized carbons (Fsp3) is 0.263. The molecule has 0 aliphatic rings. The van der Waals surface area contributed by atoms with E-state index in [2.05, 4.69) is 10.1 Å². The molecule has 24 heavy (non-hydrogen) atoms. The van der Waals surface area contributed by atoms with Gasteiger partial charge in [-0.05, 0) is 50.2 Å². The Hall–Kier alpha value is -2.82. The molecule has 0 bridgehead atoms. The molecule has 0 saturated carbocycles. The van der Waals surface area contributed by atoms with Gasteiger partial charge in [-0.3, -0.25) is 4.79 Å². The monoisotopic (exact) mass is 326 g/mol. The van der Waals surface area contributed by atoms with Crippen LogP contribution in [0.3, 0.4) is 0 Å². The lowest BCUT2D eigenvalue weighted by Crippen LogP contribution is -2.40. The number of nitrogens with one attached hydrogen (secondary N) is 1. The first-order valence-corrected chi connectivity index (χ1v) is 7.82. The van der Waals surface area contributed by atoms with Crippen LogP contribution in [0, 0.1) is 0 Å². The number of hydrogen-bond acceptors (Lipinski definition) is 4. The number of anilines is 2. The number of carbonyl (C=O) groups excluding carboxylic acids is 2. The van der Waals surface area contributed by atoms with Gasteiger partial charge in [-0.15, -0.1) is 0 Å². The van der Waals surface area contributed by atoms with Crippen molar-refractivity contribution in [3.8, 4) is 0 Å². The molecular formula is C19H22N2O3. The van der Waals surface area contributed by atoms with Crippen LogP contribution in [0.1, 0.15) is 24.2 Å². The Balaban J connectivity index is 2.02. The van der Waals surface area contributed by atoms with Gasteiger partial charge < -0.3 is 15.0 Å². The summed E-state index contributed by atoms with van der Waals surface area (Å²) in [5, 5.41) is 3.09. The number of para-hydroxylation sites is 1. The van der Waals surface area contributed by atoms with Crippen LogP contribution in [0.25, 0.3) is 0 Å². The zero-order valence-electron chi connectivity index (χ0n) is 14.2. The Morgan fingerprint density at radius 3 is 2.21 bits per heavy atom. The molecule has 5 heteroatoms. The van der Waals surface area contributed by atoms with Gasteiger partial charge in [0.2, 0.25) is 5.91 Å². The summed E-state index contributed by atoms with van der Waals surface area (Å²) in [7, 11) is 1.34. The van der Waals surface area contributed by atoms with Gasteiger partial charge >= 0.3 is 5.97 Å². The highest BCUT2D eigenvalue weighted by Gasteiger charge is 2.18. The van der Waals surface area contributed by atoms with Gasteiger partial charge in [0.15, 0.2) is 0 Å². The molecule has 0 aliphatic carbocycles.